The molecule has 2 aromatic rings. The molecule has 0 atom stereocenters. The molecule has 0 saturated carbocycles. The quantitative estimate of drug-likeness (QED) is 0.793. The lowest BCUT2D eigenvalue weighted by Gasteiger charge is -2.11. The fourth-order valence-corrected chi connectivity index (χ4v) is 2.34. The molecule has 0 aromatic heterocycles. The molecule has 0 bridgehead atoms. The van der Waals surface area contributed by atoms with E-state index in [9.17, 15) is 4.79 Å². The van der Waals surface area contributed by atoms with Crippen molar-refractivity contribution in [2.24, 2.45) is 0 Å². The van der Waals surface area contributed by atoms with Gasteiger partial charge < -0.3 is 4.74 Å². The molecule has 2 nitrogen and oxygen atoms in total. The van der Waals surface area contributed by atoms with E-state index in [2.05, 4.69) is 15.9 Å². The average Bonchev–Trinajstić information content (AvgIpc) is 2.37. The van der Waals surface area contributed by atoms with Gasteiger partial charge in [0.25, 0.3) is 0 Å². The van der Waals surface area contributed by atoms with Gasteiger partial charge in [0.05, 0.1) is 5.56 Å². The Kier molecular flexibility index (Phi) is 4.15. The maximum absolute atomic E-state index is 11.1. The van der Waals surface area contributed by atoms with E-state index in [1.54, 1.807) is 0 Å². The van der Waals surface area contributed by atoms with Gasteiger partial charge in [-0.2, -0.15) is 0 Å². The number of carbonyl (C=O) groups excluding carboxylic acids is 1. The van der Waals surface area contributed by atoms with Gasteiger partial charge >= 0.3 is 0 Å². The molecule has 0 radical (unpaired) electrons. The van der Waals surface area contributed by atoms with Crippen LogP contribution < -0.4 is 4.74 Å². The van der Waals surface area contributed by atoms with Crippen LogP contribution in [0.3, 0.4) is 0 Å². The van der Waals surface area contributed by atoms with Gasteiger partial charge in [-0.15, -0.1) is 0 Å². The zero-order valence-electron chi connectivity index (χ0n) is 10.0. The summed E-state index contributed by atoms with van der Waals surface area (Å²) in [7, 11) is 0. The summed E-state index contributed by atoms with van der Waals surface area (Å²) in [5, 5.41) is 0. The van der Waals surface area contributed by atoms with Crippen LogP contribution in [0.1, 0.15) is 21.5 Å². The highest BCUT2D eigenvalue weighted by Gasteiger charge is 2.08. The molecule has 2 rings (SSSR count). The van der Waals surface area contributed by atoms with Crippen molar-refractivity contribution in [2.75, 3.05) is 0 Å². The fraction of sp³-hybridized carbons (Fsp3) is 0.133. The Morgan fingerprint density at radius 3 is 2.61 bits per heavy atom. The summed E-state index contributed by atoms with van der Waals surface area (Å²) < 4.78 is 6.48. The normalized spacial score (nSPS) is 10.1. The number of hydrogen-bond acceptors (Lipinski definition) is 2. The second-order valence-electron chi connectivity index (χ2n) is 4.05. The highest BCUT2D eigenvalue weighted by molar-refractivity contribution is 9.10. The summed E-state index contributed by atoms with van der Waals surface area (Å²) in [6, 6.07) is 13.6. The van der Waals surface area contributed by atoms with Crippen molar-refractivity contribution in [3.8, 4) is 5.75 Å². The molecule has 0 unspecified atom stereocenters. The number of benzene rings is 2. The maximum Gasteiger partial charge on any atom is 0.154 e. The zero-order valence-corrected chi connectivity index (χ0v) is 11.6. The number of aryl methyl sites for hydroxylation is 1. The van der Waals surface area contributed by atoms with Crippen molar-refractivity contribution >= 4 is 22.2 Å². The number of carbonyl (C=O) groups is 1. The average molecular weight is 305 g/mol. The van der Waals surface area contributed by atoms with Gasteiger partial charge in [-0.05, 0) is 46.1 Å². The predicted octanol–water partition coefficient (Wildman–Crippen LogP) is 4.15. The van der Waals surface area contributed by atoms with Crippen LogP contribution >= 0.6 is 15.9 Å². The number of aldehydes is 1. The van der Waals surface area contributed by atoms with E-state index in [1.165, 1.54) is 0 Å². The third-order valence-corrected chi connectivity index (χ3v) is 3.25. The lowest BCUT2D eigenvalue weighted by atomic mass is 10.1. The topological polar surface area (TPSA) is 26.3 Å². The summed E-state index contributed by atoms with van der Waals surface area (Å²) in [5.74, 6) is 0.612. The Labute approximate surface area is 115 Å². The minimum atomic E-state index is 0.456. The van der Waals surface area contributed by atoms with Crippen molar-refractivity contribution in [3.05, 3.63) is 63.6 Å². The first-order chi connectivity index (χ1) is 8.70. The second kappa shape index (κ2) is 5.83. The molecule has 0 spiro atoms. The lowest BCUT2D eigenvalue weighted by Crippen LogP contribution is -1.99. The Morgan fingerprint density at radius 1 is 1.22 bits per heavy atom. The number of hydrogen-bond donors (Lipinski definition) is 0. The van der Waals surface area contributed by atoms with Crippen LogP contribution in [0.25, 0.3) is 0 Å². The van der Waals surface area contributed by atoms with Crippen molar-refractivity contribution in [3.63, 3.8) is 0 Å². The Morgan fingerprint density at radius 2 is 1.94 bits per heavy atom. The Balaban J connectivity index is 2.21. The van der Waals surface area contributed by atoms with Gasteiger partial charge in [0.2, 0.25) is 0 Å². The number of rotatable bonds is 4. The highest BCUT2D eigenvalue weighted by Crippen LogP contribution is 2.27. The minimum Gasteiger partial charge on any atom is -0.488 e. The zero-order chi connectivity index (χ0) is 13.0. The summed E-state index contributed by atoms with van der Waals surface area (Å²) in [6.45, 7) is 2.42. The van der Waals surface area contributed by atoms with Gasteiger partial charge in [-0.3, -0.25) is 4.79 Å². The number of ether oxygens (including phenoxy) is 1. The molecule has 0 saturated heterocycles. The van der Waals surface area contributed by atoms with Crippen molar-refractivity contribution in [1.82, 2.24) is 0 Å². The van der Waals surface area contributed by atoms with Crippen molar-refractivity contribution in [1.29, 1.82) is 0 Å². The van der Waals surface area contributed by atoms with Crippen molar-refractivity contribution < 1.29 is 9.53 Å². The summed E-state index contributed by atoms with van der Waals surface area (Å²) in [6.07, 6.45) is 0.809. The van der Waals surface area contributed by atoms with E-state index in [1.807, 2.05) is 49.4 Å². The van der Waals surface area contributed by atoms with Crippen LogP contribution in [0.4, 0.5) is 0 Å². The molecule has 0 amide bonds. The molecule has 2 aromatic carbocycles. The highest BCUT2D eigenvalue weighted by atomic mass is 79.9. The van der Waals surface area contributed by atoms with Crippen molar-refractivity contribution in [2.45, 2.75) is 13.5 Å². The first-order valence-electron chi connectivity index (χ1n) is 5.63. The Bertz CT molecular complexity index is 550. The van der Waals surface area contributed by atoms with E-state index in [-0.39, 0.29) is 0 Å². The molecule has 0 fully saturated rings. The molecule has 0 aliphatic heterocycles. The fourth-order valence-electron chi connectivity index (χ4n) is 1.69. The summed E-state index contributed by atoms with van der Waals surface area (Å²) in [4.78, 5) is 11.1. The monoisotopic (exact) mass is 304 g/mol. The molecule has 0 N–H and O–H groups in total. The van der Waals surface area contributed by atoms with Crippen LogP contribution in [0.2, 0.25) is 0 Å². The first kappa shape index (κ1) is 12.8. The molecule has 0 aliphatic carbocycles. The third kappa shape index (κ3) is 2.99. The number of halogens is 1. The first-order valence-corrected chi connectivity index (χ1v) is 6.42. The minimum absolute atomic E-state index is 0.456. The molecule has 0 heterocycles. The maximum atomic E-state index is 11.1. The van der Waals surface area contributed by atoms with E-state index in [0.717, 1.165) is 21.9 Å². The molecular formula is C15H13BrO2. The van der Waals surface area contributed by atoms with E-state index >= 15 is 0 Å². The van der Waals surface area contributed by atoms with Crippen LogP contribution in [0.5, 0.6) is 5.75 Å². The Hall–Kier alpha value is -1.61. The van der Waals surface area contributed by atoms with Crippen LogP contribution in [-0.2, 0) is 6.61 Å². The van der Waals surface area contributed by atoms with Gasteiger partial charge in [-0.1, -0.05) is 30.3 Å². The molecule has 18 heavy (non-hydrogen) atoms. The molecule has 0 aliphatic rings. The smallest absolute Gasteiger partial charge is 0.154 e. The molecule has 92 valence electrons. The second-order valence-corrected chi connectivity index (χ2v) is 4.91. The molecular weight excluding hydrogens is 292 g/mol. The summed E-state index contributed by atoms with van der Waals surface area (Å²) >= 11 is 3.37. The van der Waals surface area contributed by atoms with Gasteiger partial charge in [-0.25, -0.2) is 0 Å². The van der Waals surface area contributed by atoms with E-state index in [4.69, 9.17) is 4.74 Å². The largest absolute Gasteiger partial charge is 0.488 e. The summed E-state index contributed by atoms with van der Waals surface area (Å²) in [5.41, 5.74) is 2.68. The van der Waals surface area contributed by atoms with E-state index in [0.29, 0.717) is 17.9 Å². The molecule has 3 heteroatoms. The van der Waals surface area contributed by atoms with Gasteiger partial charge in [0, 0.05) is 4.47 Å². The van der Waals surface area contributed by atoms with Gasteiger partial charge in [0.1, 0.15) is 12.4 Å². The van der Waals surface area contributed by atoms with Crippen LogP contribution in [0, 0.1) is 6.92 Å². The van der Waals surface area contributed by atoms with E-state index < -0.39 is 0 Å². The van der Waals surface area contributed by atoms with Crippen LogP contribution in [0.15, 0.2) is 46.9 Å². The standard InChI is InChI=1S/C15H13BrO2/c1-11-7-14(16)13(9-17)15(8-11)18-10-12-5-3-2-4-6-12/h2-9H,10H2,1H3. The lowest BCUT2D eigenvalue weighted by molar-refractivity contribution is 0.111. The SMILES string of the molecule is Cc1cc(Br)c(C=O)c(OCc2ccccc2)c1. The predicted molar refractivity (Wildman–Crippen MR) is 75.0 cm³/mol. The van der Waals surface area contributed by atoms with Crippen LogP contribution in [-0.4, -0.2) is 6.29 Å². The van der Waals surface area contributed by atoms with Gasteiger partial charge in [0.15, 0.2) is 6.29 Å². The third-order valence-electron chi connectivity index (χ3n) is 2.59.